The predicted octanol–water partition coefficient (Wildman–Crippen LogP) is 1.52. The van der Waals surface area contributed by atoms with E-state index < -0.39 is 6.10 Å². The number of hydrogen-bond donors (Lipinski definition) is 1. The zero-order chi connectivity index (χ0) is 15.4. The van der Waals surface area contributed by atoms with Crippen LogP contribution in [-0.2, 0) is 4.79 Å². The Morgan fingerprint density at radius 1 is 1.33 bits per heavy atom. The summed E-state index contributed by atoms with van der Waals surface area (Å²) in [6.07, 6.45) is 5.18. The van der Waals surface area contributed by atoms with Crippen molar-refractivity contribution in [1.82, 2.24) is 4.90 Å². The van der Waals surface area contributed by atoms with Crippen molar-refractivity contribution in [2.24, 2.45) is 4.99 Å². The summed E-state index contributed by atoms with van der Waals surface area (Å²) in [5.41, 5.74) is 1.62. The minimum Gasteiger partial charge on any atom is -0.384 e. The molecule has 5 nitrogen and oxygen atoms in total. The van der Waals surface area contributed by atoms with Gasteiger partial charge < -0.3 is 10.0 Å². The quantitative estimate of drug-likeness (QED) is 0.911. The van der Waals surface area contributed by atoms with E-state index >= 15 is 0 Å². The Kier molecular flexibility index (Phi) is 4.45. The molecule has 0 saturated carbocycles. The van der Waals surface area contributed by atoms with Crippen LogP contribution in [-0.4, -0.2) is 41.6 Å². The van der Waals surface area contributed by atoms with E-state index in [0.29, 0.717) is 16.8 Å². The van der Waals surface area contributed by atoms with Crippen LogP contribution in [0.4, 0.5) is 0 Å². The summed E-state index contributed by atoms with van der Waals surface area (Å²) >= 11 is 0. The van der Waals surface area contributed by atoms with Crippen molar-refractivity contribution >= 4 is 17.5 Å². The van der Waals surface area contributed by atoms with Crippen molar-refractivity contribution < 1.29 is 14.7 Å². The molecule has 5 heteroatoms. The first-order chi connectivity index (χ1) is 9.97. The van der Waals surface area contributed by atoms with Crippen LogP contribution in [0.3, 0.4) is 0 Å². The normalized spacial score (nSPS) is 15.4. The fourth-order valence-electron chi connectivity index (χ4n) is 1.87. The predicted molar refractivity (Wildman–Crippen MR) is 80.1 cm³/mol. The number of aliphatic hydroxyl groups is 1. The molecule has 1 aliphatic heterocycles. The zero-order valence-electron chi connectivity index (χ0n) is 11.9. The topological polar surface area (TPSA) is 70.0 Å². The van der Waals surface area contributed by atoms with Gasteiger partial charge in [-0.15, -0.1) is 0 Å². The van der Waals surface area contributed by atoms with Gasteiger partial charge in [0.2, 0.25) is 0 Å². The number of aliphatic imine (C=N–C) groups is 1. The average molecular weight is 284 g/mol. The van der Waals surface area contributed by atoms with Crippen LogP contribution >= 0.6 is 0 Å². The summed E-state index contributed by atoms with van der Waals surface area (Å²) in [6.45, 7) is 0. The van der Waals surface area contributed by atoms with Gasteiger partial charge in [-0.2, -0.15) is 0 Å². The van der Waals surface area contributed by atoms with Crippen LogP contribution < -0.4 is 0 Å². The van der Waals surface area contributed by atoms with Gasteiger partial charge in [0.15, 0.2) is 0 Å². The number of aliphatic hydroxyl groups excluding tert-OH is 1. The lowest BCUT2D eigenvalue weighted by Crippen LogP contribution is -2.21. The molecule has 0 unspecified atom stereocenters. The molecular weight excluding hydrogens is 268 g/mol. The molecule has 2 amide bonds. The minimum atomic E-state index is -0.869. The van der Waals surface area contributed by atoms with Crippen LogP contribution in [0.2, 0.25) is 0 Å². The third kappa shape index (κ3) is 3.73. The molecule has 1 atom stereocenters. The summed E-state index contributed by atoms with van der Waals surface area (Å²) in [6, 6.07) is 6.80. The molecule has 0 aliphatic carbocycles. The number of allylic oxidation sites excluding steroid dienone is 2. The Bertz CT molecular complexity index is 657. The Morgan fingerprint density at radius 2 is 2.10 bits per heavy atom. The molecule has 1 heterocycles. The molecule has 0 bridgehead atoms. The summed E-state index contributed by atoms with van der Waals surface area (Å²) in [4.78, 5) is 28.0. The number of carbonyl (C=O) groups is 2. The fourth-order valence-corrected chi connectivity index (χ4v) is 1.87. The first kappa shape index (κ1) is 14.9. The van der Waals surface area contributed by atoms with Crippen molar-refractivity contribution in [2.75, 3.05) is 14.1 Å². The molecule has 1 aliphatic rings. The molecule has 0 saturated heterocycles. The van der Waals surface area contributed by atoms with Crippen LogP contribution in [0.15, 0.2) is 53.6 Å². The SMILES string of the molecule is CN(C)C(=O)c1cccc([C@H](O)/C=C/C2=NC(=O)C=C2)c1. The molecule has 1 N–H and O–H groups in total. The molecule has 1 aromatic rings. The third-order valence-electron chi connectivity index (χ3n) is 2.97. The second-order valence-corrected chi connectivity index (χ2v) is 4.84. The standard InChI is InChI=1S/C16H16N2O3/c1-18(2)16(21)12-5-3-4-11(10-12)14(19)8-6-13-7-9-15(20)17-13/h3-10,14,19H,1-2H3/b8-6+/t14-/m1/s1. The summed E-state index contributed by atoms with van der Waals surface area (Å²) in [5.74, 6) is -0.426. The maximum atomic E-state index is 11.9. The van der Waals surface area contributed by atoms with Crippen LogP contribution in [0, 0.1) is 0 Å². The third-order valence-corrected chi connectivity index (χ3v) is 2.97. The minimum absolute atomic E-state index is 0.123. The largest absolute Gasteiger partial charge is 0.384 e. The highest BCUT2D eigenvalue weighted by atomic mass is 16.3. The first-order valence-electron chi connectivity index (χ1n) is 6.46. The molecule has 0 radical (unpaired) electrons. The summed E-state index contributed by atoms with van der Waals surface area (Å²) in [5, 5.41) is 10.1. The van der Waals surface area contributed by atoms with E-state index in [1.165, 1.54) is 17.1 Å². The van der Waals surface area contributed by atoms with Gasteiger partial charge >= 0.3 is 0 Å². The fraction of sp³-hybridized carbons (Fsp3) is 0.188. The van der Waals surface area contributed by atoms with Gasteiger partial charge in [0, 0.05) is 25.7 Å². The highest BCUT2D eigenvalue weighted by Gasteiger charge is 2.11. The van der Waals surface area contributed by atoms with E-state index in [-0.39, 0.29) is 11.8 Å². The van der Waals surface area contributed by atoms with Crippen molar-refractivity contribution in [3.8, 4) is 0 Å². The molecule has 0 spiro atoms. The van der Waals surface area contributed by atoms with E-state index in [4.69, 9.17) is 0 Å². The summed E-state index contributed by atoms with van der Waals surface area (Å²) < 4.78 is 0. The van der Waals surface area contributed by atoms with Gasteiger partial charge in [0.25, 0.3) is 11.8 Å². The average Bonchev–Trinajstić information content (AvgIpc) is 2.89. The maximum Gasteiger partial charge on any atom is 0.270 e. The highest BCUT2D eigenvalue weighted by Crippen LogP contribution is 2.17. The van der Waals surface area contributed by atoms with Crippen molar-refractivity contribution in [1.29, 1.82) is 0 Å². The van der Waals surface area contributed by atoms with Crippen molar-refractivity contribution in [3.63, 3.8) is 0 Å². The Hall–Kier alpha value is -2.53. The number of carbonyl (C=O) groups excluding carboxylic acids is 2. The number of benzene rings is 1. The Morgan fingerprint density at radius 3 is 2.71 bits per heavy atom. The number of rotatable bonds is 4. The molecule has 0 aromatic heterocycles. The summed E-state index contributed by atoms with van der Waals surface area (Å²) in [7, 11) is 3.35. The second-order valence-electron chi connectivity index (χ2n) is 4.84. The van der Waals surface area contributed by atoms with Crippen LogP contribution in [0.5, 0.6) is 0 Å². The van der Waals surface area contributed by atoms with E-state index in [0.717, 1.165) is 0 Å². The van der Waals surface area contributed by atoms with E-state index in [1.807, 2.05) is 0 Å². The van der Waals surface area contributed by atoms with Crippen LogP contribution in [0.1, 0.15) is 22.0 Å². The van der Waals surface area contributed by atoms with Gasteiger partial charge in [-0.05, 0) is 35.9 Å². The van der Waals surface area contributed by atoms with E-state index in [2.05, 4.69) is 4.99 Å². The molecule has 2 rings (SSSR count). The first-order valence-corrected chi connectivity index (χ1v) is 6.46. The number of hydrogen-bond acceptors (Lipinski definition) is 3. The lowest BCUT2D eigenvalue weighted by Gasteiger charge is -2.12. The van der Waals surface area contributed by atoms with Gasteiger partial charge in [0.1, 0.15) is 0 Å². The number of amides is 2. The highest BCUT2D eigenvalue weighted by molar-refractivity contribution is 6.17. The zero-order valence-corrected chi connectivity index (χ0v) is 11.9. The molecule has 0 fully saturated rings. The number of nitrogens with zero attached hydrogens (tertiary/aromatic N) is 2. The lowest BCUT2D eigenvalue weighted by molar-refractivity contribution is -0.113. The van der Waals surface area contributed by atoms with Gasteiger partial charge in [-0.3, -0.25) is 9.59 Å². The molecule has 1 aromatic carbocycles. The van der Waals surface area contributed by atoms with Gasteiger partial charge in [-0.25, -0.2) is 4.99 Å². The molecular formula is C16H16N2O3. The smallest absolute Gasteiger partial charge is 0.270 e. The van der Waals surface area contributed by atoms with Crippen molar-refractivity contribution in [2.45, 2.75) is 6.10 Å². The molecule has 108 valence electrons. The van der Waals surface area contributed by atoms with E-state index in [9.17, 15) is 14.7 Å². The monoisotopic (exact) mass is 284 g/mol. The van der Waals surface area contributed by atoms with Crippen molar-refractivity contribution in [3.05, 3.63) is 59.7 Å². The maximum absolute atomic E-state index is 11.9. The van der Waals surface area contributed by atoms with E-state index in [1.54, 1.807) is 50.5 Å². The lowest BCUT2D eigenvalue weighted by atomic mass is 10.0. The van der Waals surface area contributed by atoms with Gasteiger partial charge in [-0.1, -0.05) is 12.1 Å². The Balaban J connectivity index is 2.14. The molecule has 21 heavy (non-hydrogen) atoms. The second kappa shape index (κ2) is 6.28. The van der Waals surface area contributed by atoms with Crippen LogP contribution in [0.25, 0.3) is 0 Å². The van der Waals surface area contributed by atoms with Gasteiger partial charge in [0.05, 0.1) is 11.8 Å². The Labute approximate surface area is 122 Å².